The molecular weight excluding hydrogens is 466 g/mol. The van der Waals surface area contributed by atoms with E-state index in [0.29, 0.717) is 22.5 Å². The smallest absolute Gasteiger partial charge is 0.308 e. The lowest BCUT2D eigenvalue weighted by Crippen LogP contribution is -2.51. The molecule has 3 N–H and O–H groups in total. The molecule has 3 saturated carbocycles. The largest absolute Gasteiger partial charge is 0.481 e. The van der Waals surface area contributed by atoms with Crippen molar-refractivity contribution in [1.29, 1.82) is 0 Å². The topological polar surface area (TPSA) is 100 Å². The molecular formula is C27H24F2N4O3. The van der Waals surface area contributed by atoms with Crippen molar-refractivity contribution in [2.75, 3.05) is 5.32 Å². The number of benzene rings is 2. The molecule has 0 saturated heterocycles. The molecule has 7 nitrogen and oxygen atoms in total. The average Bonchev–Trinajstić information content (AvgIpc) is 3.29. The number of aromatic nitrogens is 3. The average molecular weight is 491 g/mol. The van der Waals surface area contributed by atoms with Crippen LogP contribution in [-0.2, 0) is 4.79 Å². The zero-order valence-electron chi connectivity index (χ0n) is 19.2. The number of rotatable bonds is 6. The summed E-state index contributed by atoms with van der Waals surface area (Å²) in [6.07, 6.45) is 5.31. The molecule has 184 valence electrons. The number of fused-ring (bicyclic) bond motifs is 4. The van der Waals surface area contributed by atoms with Crippen molar-refractivity contribution in [2.45, 2.75) is 31.7 Å². The number of aliphatic carboxylic acids is 1. The predicted octanol–water partition coefficient (Wildman–Crippen LogP) is 6.00. The van der Waals surface area contributed by atoms with E-state index in [4.69, 9.17) is 4.74 Å². The Morgan fingerprint density at radius 1 is 1.03 bits per heavy atom. The Bertz CT molecular complexity index is 1430. The Kier molecular flexibility index (Phi) is 5.55. The minimum absolute atomic E-state index is 0.130. The quantitative estimate of drug-likeness (QED) is 0.307. The molecule has 2 atom stereocenters. The third-order valence-corrected chi connectivity index (χ3v) is 7.43. The second kappa shape index (κ2) is 8.89. The predicted molar refractivity (Wildman–Crippen MR) is 130 cm³/mol. The summed E-state index contributed by atoms with van der Waals surface area (Å²) < 4.78 is 34.4. The Hall–Kier alpha value is -4.01. The van der Waals surface area contributed by atoms with Crippen LogP contribution in [-0.4, -0.2) is 32.1 Å². The molecule has 7 rings (SSSR count). The molecule has 0 radical (unpaired) electrons. The van der Waals surface area contributed by atoms with Gasteiger partial charge in [-0.1, -0.05) is 18.2 Å². The summed E-state index contributed by atoms with van der Waals surface area (Å²) in [6.45, 7) is 0. The van der Waals surface area contributed by atoms with Crippen molar-refractivity contribution in [1.82, 2.24) is 15.0 Å². The Labute approximate surface area is 205 Å². The minimum atomic E-state index is -0.806. The second-order valence-corrected chi connectivity index (χ2v) is 9.55. The van der Waals surface area contributed by atoms with Gasteiger partial charge in [0.25, 0.3) is 0 Å². The number of ether oxygens (including phenoxy) is 1. The number of para-hydroxylation sites is 1. The van der Waals surface area contributed by atoms with Crippen molar-refractivity contribution in [3.8, 4) is 23.0 Å². The molecule has 9 heteroatoms. The highest BCUT2D eigenvalue weighted by Gasteiger charge is 2.47. The van der Waals surface area contributed by atoms with E-state index < -0.39 is 23.5 Å². The van der Waals surface area contributed by atoms with Gasteiger partial charge in [-0.2, -0.15) is 4.98 Å². The molecule has 3 aliphatic rings. The van der Waals surface area contributed by atoms with Gasteiger partial charge in [-0.05, 0) is 55.7 Å². The van der Waals surface area contributed by atoms with Gasteiger partial charge in [0.05, 0.1) is 11.4 Å². The highest BCUT2D eigenvalue weighted by Crippen LogP contribution is 2.46. The number of nitrogens with one attached hydrogen (secondary N) is 2. The zero-order valence-corrected chi connectivity index (χ0v) is 19.2. The number of carboxylic acids is 1. The SMILES string of the molecule is O=C(O)[C@@H]1C2CCC(CC2)[C@@H]1Nc1cc(Oc2ccccc2)nc(-c2c[nH]c3c(F)cc(F)cc23)n1. The van der Waals surface area contributed by atoms with E-state index >= 15 is 0 Å². The lowest BCUT2D eigenvalue weighted by molar-refractivity contribution is -0.148. The van der Waals surface area contributed by atoms with Crippen LogP contribution in [0.1, 0.15) is 25.7 Å². The van der Waals surface area contributed by atoms with Crippen molar-refractivity contribution in [3.05, 3.63) is 66.4 Å². The molecule has 0 unspecified atom stereocenters. The first kappa shape index (κ1) is 22.5. The second-order valence-electron chi connectivity index (χ2n) is 9.55. The van der Waals surface area contributed by atoms with Crippen LogP contribution in [0.4, 0.5) is 14.6 Å². The molecule has 0 spiro atoms. The molecule has 2 heterocycles. The first-order valence-corrected chi connectivity index (χ1v) is 12.0. The van der Waals surface area contributed by atoms with E-state index in [0.717, 1.165) is 31.7 Å². The maximum atomic E-state index is 14.3. The van der Waals surface area contributed by atoms with E-state index in [1.165, 1.54) is 12.3 Å². The first-order valence-electron chi connectivity index (χ1n) is 12.0. The summed E-state index contributed by atoms with van der Waals surface area (Å²) in [6, 6.07) is 12.5. The fourth-order valence-corrected chi connectivity index (χ4v) is 5.80. The summed E-state index contributed by atoms with van der Waals surface area (Å²) in [5.74, 6) is -0.986. The molecule has 2 aromatic carbocycles. The maximum Gasteiger partial charge on any atom is 0.308 e. The third kappa shape index (κ3) is 4.04. The number of nitrogens with zero attached hydrogens (tertiary/aromatic N) is 2. The fourth-order valence-electron chi connectivity index (χ4n) is 5.80. The van der Waals surface area contributed by atoms with E-state index in [-0.39, 0.29) is 35.1 Å². The maximum absolute atomic E-state index is 14.3. The molecule has 3 aliphatic carbocycles. The van der Waals surface area contributed by atoms with Gasteiger partial charge < -0.3 is 20.1 Å². The van der Waals surface area contributed by atoms with Crippen molar-refractivity contribution < 1.29 is 23.4 Å². The number of carbonyl (C=O) groups is 1. The van der Waals surface area contributed by atoms with Gasteiger partial charge in [-0.3, -0.25) is 4.79 Å². The van der Waals surface area contributed by atoms with Crippen LogP contribution in [0.2, 0.25) is 0 Å². The van der Waals surface area contributed by atoms with Crippen molar-refractivity contribution in [2.24, 2.45) is 17.8 Å². The Morgan fingerprint density at radius 2 is 1.78 bits per heavy atom. The first-order chi connectivity index (χ1) is 17.5. The Morgan fingerprint density at radius 3 is 2.53 bits per heavy atom. The number of aromatic amines is 1. The zero-order chi connectivity index (χ0) is 24.8. The van der Waals surface area contributed by atoms with Crippen LogP contribution >= 0.6 is 0 Å². The number of hydrogen-bond donors (Lipinski definition) is 3. The van der Waals surface area contributed by atoms with Crippen LogP contribution in [0.5, 0.6) is 11.6 Å². The van der Waals surface area contributed by atoms with Gasteiger partial charge in [0.2, 0.25) is 5.88 Å². The number of halogens is 2. The normalized spacial score (nSPS) is 23.1. The van der Waals surface area contributed by atoms with Gasteiger partial charge >= 0.3 is 5.97 Å². The molecule has 0 amide bonds. The lowest BCUT2D eigenvalue weighted by Gasteiger charge is -2.47. The summed E-state index contributed by atoms with van der Waals surface area (Å²) >= 11 is 0. The number of H-pyrrole nitrogens is 1. The molecule has 3 fully saturated rings. The summed E-state index contributed by atoms with van der Waals surface area (Å²) in [7, 11) is 0. The van der Waals surface area contributed by atoms with Crippen LogP contribution in [0.15, 0.2) is 54.7 Å². The molecule has 0 aliphatic heterocycles. The van der Waals surface area contributed by atoms with Crippen LogP contribution in [0.3, 0.4) is 0 Å². The van der Waals surface area contributed by atoms with E-state index in [1.807, 2.05) is 18.2 Å². The van der Waals surface area contributed by atoms with Crippen molar-refractivity contribution >= 4 is 22.7 Å². The molecule has 36 heavy (non-hydrogen) atoms. The number of carboxylic acid groups (broad SMARTS) is 1. The lowest BCUT2D eigenvalue weighted by atomic mass is 9.61. The van der Waals surface area contributed by atoms with Crippen LogP contribution in [0, 0.1) is 29.4 Å². The van der Waals surface area contributed by atoms with E-state index in [2.05, 4.69) is 20.3 Å². The number of anilines is 1. The Balaban J connectivity index is 1.43. The van der Waals surface area contributed by atoms with Crippen LogP contribution in [0.25, 0.3) is 22.3 Å². The molecule has 4 aromatic rings. The summed E-state index contributed by atoms with van der Waals surface area (Å²) in [4.78, 5) is 24.1. The van der Waals surface area contributed by atoms with Gasteiger partial charge in [-0.15, -0.1) is 0 Å². The third-order valence-electron chi connectivity index (χ3n) is 7.43. The minimum Gasteiger partial charge on any atom is -0.481 e. The van der Waals surface area contributed by atoms with Crippen LogP contribution < -0.4 is 10.1 Å². The standard InChI is InChI=1S/C27H24F2N4O3/c28-16-10-18-19(13-30-25(18)20(29)11-16)26-32-21(12-22(33-26)36-17-4-2-1-3-5-17)31-24-15-8-6-14(7-9-15)23(24)27(34)35/h1-5,10-15,23-24,30H,6-9H2,(H,34,35)(H,31,32,33)/t14?,15?,23-,24+/m1/s1. The number of hydrogen-bond acceptors (Lipinski definition) is 5. The van der Waals surface area contributed by atoms with Crippen molar-refractivity contribution in [3.63, 3.8) is 0 Å². The van der Waals surface area contributed by atoms with Gasteiger partial charge in [0.15, 0.2) is 5.82 Å². The highest BCUT2D eigenvalue weighted by molar-refractivity contribution is 5.94. The van der Waals surface area contributed by atoms with Gasteiger partial charge in [0, 0.05) is 35.3 Å². The summed E-state index contributed by atoms with van der Waals surface area (Å²) in [5, 5.41) is 13.6. The molecule has 2 bridgehead atoms. The van der Waals surface area contributed by atoms with Gasteiger partial charge in [-0.25, -0.2) is 13.8 Å². The highest BCUT2D eigenvalue weighted by atomic mass is 19.1. The van der Waals surface area contributed by atoms with E-state index in [9.17, 15) is 18.7 Å². The monoisotopic (exact) mass is 490 g/mol. The summed E-state index contributed by atoms with van der Waals surface area (Å²) in [5.41, 5.74) is 0.555. The molecule has 2 aromatic heterocycles. The van der Waals surface area contributed by atoms with E-state index in [1.54, 1.807) is 18.2 Å². The fraction of sp³-hybridized carbons (Fsp3) is 0.296. The van der Waals surface area contributed by atoms with Gasteiger partial charge in [0.1, 0.15) is 23.2 Å².